The largest absolute Gasteiger partial charge is 0.459 e. The lowest BCUT2D eigenvalue weighted by molar-refractivity contribution is -0.147. The number of sulfone groups is 1. The van der Waals surface area contributed by atoms with Crippen LogP contribution in [-0.4, -0.2) is 38.3 Å². The Balaban J connectivity index is 2.08. The van der Waals surface area contributed by atoms with E-state index >= 15 is 0 Å². The van der Waals surface area contributed by atoms with Crippen LogP contribution in [0.25, 0.3) is 0 Å². The van der Waals surface area contributed by atoms with Gasteiger partial charge in [-0.3, -0.25) is 4.79 Å². The molecule has 0 aliphatic heterocycles. The molecule has 8 heteroatoms. The molecule has 0 saturated carbocycles. The first-order valence-electron chi connectivity index (χ1n) is 8.20. The minimum Gasteiger partial charge on any atom is -0.459 e. The van der Waals surface area contributed by atoms with Crippen molar-refractivity contribution in [3.8, 4) is 0 Å². The third kappa shape index (κ3) is 7.15. The Hall–Kier alpha value is -2.19. The number of carbonyl (C=O) groups is 2. The van der Waals surface area contributed by atoms with Gasteiger partial charge in [0.2, 0.25) is 0 Å². The van der Waals surface area contributed by atoms with Gasteiger partial charge < -0.3 is 10.1 Å². The van der Waals surface area contributed by atoms with Crippen molar-refractivity contribution in [1.29, 1.82) is 0 Å². The predicted molar refractivity (Wildman–Crippen MR) is 106 cm³/mol. The Morgan fingerprint density at radius 1 is 1.07 bits per heavy atom. The molecule has 2 aromatic carbocycles. The third-order valence-electron chi connectivity index (χ3n) is 3.71. The number of carbonyl (C=O) groups excluding carboxylic acids is 2. The van der Waals surface area contributed by atoms with E-state index in [1.54, 1.807) is 36.4 Å². The molecule has 0 bridgehead atoms. The van der Waals surface area contributed by atoms with Gasteiger partial charge in [-0.05, 0) is 40.0 Å². The highest BCUT2D eigenvalue weighted by Crippen LogP contribution is 2.16. The molecule has 27 heavy (non-hydrogen) atoms. The lowest BCUT2D eigenvalue weighted by atomic mass is 10.1. The normalized spacial score (nSPS) is 12.2. The first-order chi connectivity index (χ1) is 12.8. The van der Waals surface area contributed by atoms with Gasteiger partial charge in [-0.2, -0.15) is 0 Å². The van der Waals surface area contributed by atoms with Gasteiger partial charge in [0.15, 0.2) is 0 Å². The van der Waals surface area contributed by atoms with E-state index in [-0.39, 0.29) is 18.8 Å². The second-order valence-corrected chi connectivity index (χ2v) is 9.13. The summed E-state index contributed by atoms with van der Waals surface area (Å²) < 4.78 is 28.8. The summed E-state index contributed by atoms with van der Waals surface area (Å²) in [5.74, 6) is -1.41. The van der Waals surface area contributed by atoms with Gasteiger partial charge in [0.25, 0.3) is 5.91 Å². The molecule has 0 heterocycles. The molecule has 1 atom stereocenters. The van der Waals surface area contributed by atoms with Crippen LogP contribution in [0.5, 0.6) is 0 Å². The van der Waals surface area contributed by atoms with Crippen molar-refractivity contribution in [2.75, 3.05) is 12.0 Å². The van der Waals surface area contributed by atoms with Gasteiger partial charge in [0, 0.05) is 10.7 Å². The number of esters is 1. The van der Waals surface area contributed by atoms with Crippen LogP contribution in [-0.2, 0) is 26.0 Å². The minimum absolute atomic E-state index is 0.0416. The lowest BCUT2D eigenvalue weighted by Gasteiger charge is -2.18. The van der Waals surface area contributed by atoms with Crippen molar-refractivity contribution in [2.24, 2.45) is 0 Å². The zero-order chi connectivity index (χ0) is 19.9. The average molecular weight is 454 g/mol. The number of ether oxygens (including phenoxy) is 1. The maximum absolute atomic E-state index is 12.5. The molecule has 1 N–H and O–H groups in total. The van der Waals surface area contributed by atoms with Gasteiger partial charge in [-0.15, -0.1) is 0 Å². The number of halogens is 1. The monoisotopic (exact) mass is 453 g/mol. The number of hydrogen-bond donors (Lipinski definition) is 1. The standard InChI is InChI=1S/C19H20BrNO5S/c1-27(24,25)12-11-17(19(23)26-13-14-7-3-2-4-8-14)21-18(22)15-9-5-6-10-16(15)20/h2-10,17H,11-13H2,1H3,(H,21,22)/t17-/m0/s1. The fourth-order valence-corrected chi connectivity index (χ4v) is 3.42. The zero-order valence-corrected chi connectivity index (χ0v) is 17.1. The van der Waals surface area contributed by atoms with Crippen molar-refractivity contribution in [1.82, 2.24) is 5.32 Å². The van der Waals surface area contributed by atoms with Crippen LogP contribution in [0.4, 0.5) is 0 Å². The van der Waals surface area contributed by atoms with Crippen molar-refractivity contribution in [3.63, 3.8) is 0 Å². The number of nitrogens with one attached hydrogen (secondary N) is 1. The number of rotatable bonds is 8. The maximum atomic E-state index is 12.5. The van der Waals surface area contributed by atoms with E-state index in [0.717, 1.165) is 11.8 Å². The first-order valence-corrected chi connectivity index (χ1v) is 11.1. The van der Waals surface area contributed by atoms with E-state index in [1.807, 2.05) is 18.2 Å². The van der Waals surface area contributed by atoms with Crippen LogP contribution >= 0.6 is 15.9 Å². The van der Waals surface area contributed by atoms with Crippen LogP contribution in [0, 0.1) is 0 Å². The molecule has 0 radical (unpaired) electrons. The quantitative estimate of drug-likeness (QED) is 0.620. The summed E-state index contributed by atoms with van der Waals surface area (Å²) >= 11 is 3.28. The van der Waals surface area contributed by atoms with Gasteiger partial charge in [-0.25, -0.2) is 13.2 Å². The van der Waals surface area contributed by atoms with E-state index in [9.17, 15) is 18.0 Å². The van der Waals surface area contributed by atoms with Crippen LogP contribution in [0.3, 0.4) is 0 Å². The fourth-order valence-electron chi connectivity index (χ4n) is 2.29. The summed E-state index contributed by atoms with van der Waals surface area (Å²) in [6, 6.07) is 14.8. The molecule has 0 saturated heterocycles. The van der Waals surface area contributed by atoms with E-state index in [4.69, 9.17) is 4.74 Å². The molecule has 1 amide bonds. The number of amides is 1. The summed E-state index contributed by atoms with van der Waals surface area (Å²) in [4.78, 5) is 24.9. The van der Waals surface area contributed by atoms with Gasteiger partial charge in [-0.1, -0.05) is 42.5 Å². The third-order valence-corrected chi connectivity index (χ3v) is 5.38. The van der Waals surface area contributed by atoms with E-state index in [0.29, 0.717) is 10.0 Å². The Labute approximate surface area is 167 Å². The molecule has 2 rings (SSSR count). The Morgan fingerprint density at radius 3 is 2.33 bits per heavy atom. The molecule has 6 nitrogen and oxygen atoms in total. The van der Waals surface area contributed by atoms with E-state index in [1.165, 1.54) is 0 Å². The molecule has 0 spiro atoms. The summed E-state index contributed by atoms with van der Waals surface area (Å²) in [5, 5.41) is 2.57. The summed E-state index contributed by atoms with van der Waals surface area (Å²) in [5.41, 5.74) is 1.14. The topological polar surface area (TPSA) is 89.5 Å². The summed E-state index contributed by atoms with van der Waals surface area (Å²) in [6.45, 7) is 0.0416. The summed E-state index contributed by atoms with van der Waals surface area (Å²) in [6.07, 6.45) is 1.01. The highest BCUT2D eigenvalue weighted by atomic mass is 79.9. The summed E-state index contributed by atoms with van der Waals surface area (Å²) in [7, 11) is -3.30. The van der Waals surface area contributed by atoms with Gasteiger partial charge in [0.05, 0.1) is 11.3 Å². The average Bonchev–Trinajstić information content (AvgIpc) is 2.63. The number of benzene rings is 2. The molecular formula is C19H20BrNO5S. The second-order valence-electron chi connectivity index (χ2n) is 6.02. The van der Waals surface area contributed by atoms with Crippen LogP contribution in [0.15, 0.2) is 59.1 Å². The van der Waals surface area contributed by atoms with Crippen LogP contribution in [0.2, 0.25) is 0 Å². The predicted octanol–water partition coefficient (Wildman–Crippen LogP) is 2.73. The second kappa shape index (κ2) is 9.66. The Bertz CT molecular complexity index is 899. The Morgan fingerprint density at radius 2 is 1.70 bits per heavy atom. The Kier molecular flexibility index (Phi) is 7.55. The molecule has 0 aromatic heterocycles. The highest BCUT2D eigenvalue weighted by molar-refractivity contribution is 9.10. The molecule has 144 valence electrons. The van der Waals surface area contributed by atoms with Gasteiger partial charge in [0.1, 0.15) is 22.5 Å². The van der Waals surface area contributed by atoms with Crippen LogP contribution < -0.4 is 5.32 Å². The number of hydrogen-bond acceptors (Lipinski definition) is 5. The molecule has 0 aliphatic rings. The first kappa shape index (κ1) is 21.1. The molecular weight excluding hydrogens is 434 g/mol. The molecule has 2 aromatic rings. The van der Waals surface area contributed by atoms with E-state index < -0.39 is 27.8 Å². The van der Waals surface area contributed by atoms with Crippen molar-refractivity contribution < 1.29 is 22.7 Å². The molecule has 0 unspecified atom stereocenters. The molecule has 0 fully saturated rings. The SMILES string of the molecule is CS(=O)(=O)CC[C@H](NC(=O)c1ccccc1Br)C(=O)OCc1ccccc1. The van der Waals surface area contributed by atoms with Crippen molar-refractivity contribution in [2.45, 2.75) is 19.1 Å². The molecule has 0 aliphatic carbocycles. The zero-order valence-electron chi connectivity index (χ0n) is 14.7. The van der Waals surface area contributed by atoms with Crippen molar-refractivity contribution >= 4 is 37.6 Å². The fraction of sp³-hybridized carbons (Fsp3) is 0.263. The van der Waals surface area contributed by atoms with Crippen molar-refractivity contribution in [3.05, 3.63) is 70.2 Å². The van der Waals surface area contributed by atoms with E-state index in [2.05, 4.69) is 21.2 Å². The maximum Gasteiger partial charge on any atom is 0.329 e. The lowest BCUT2D eigenvalue weighted by Crippen LogP contribution is -2.43. The minimum atomic E-state index is -3.30. The smallest absolute Gasteiger partial charge is 0.329 e. The van der Waals surface area contributed by atoms with Gasteiger partial charge >= 0.3 is 5.97 Å². The highest BCUT2D eigenvalue weighted by Gasteiger charge is 2.25. The van der Waals surface area contributed by atoms with Crippen LogP contribution in [0.1, 0.15) is 22.3 Å².